The molecule has 4 rings (SSSR count). The Bertz CT molecular complexity index is 814. The molecule has 0 radical (unpaired) electrons. The van der Waals surface area contributed by atoms with Gasteiger partial charge in [0.05, 0.1) is 16.1 Å². The van der Waals surface area contributed by atoms with E-state index in [2.05, 4.69) is 11.0 Å². The van der Waals surface area contributed by atoms with Crippen molar-refractivity contribution in [1.29, 1.82) is 0 Å². The van der Waals surface area contributed by atoms with Crippen LogP contribution in [0.25, 0.3) is 10.2 Å². The molecular weight excluding hydrogens is 320 g/mol. The number of hydrogen-bond donors (Lipinski definition) is 0. The van der Waals surface area contributed by atoms with Gasteiger partial charge >= 0.3 is 5.97 Å². The van der Waals surface area contributed by atoms with E-state index in [0.29, 0.717) is 12.3 Å². The van der Waals surface area contributed by atoms with E-state index < -0.39 is 0 Å². The first-order valence-corrected chi connectivity index (χ1v) is 8.98. The van der Waals surface area contributed by atoms with Crippen molar-refractivity contribution in [2.45, 2.75) is 12.8 Å². The van der Waals surface area contributed by atoms with Crippen LogP contribution in [0.1, 0.15) is 12.8 Å². The fourth-order valence-electron chi connectivity index (χ4n) is 3.03. The van der Waals surface area contributed by atoms with Crippen LogP contribution in [-0.4, -0.2) is 24.0 Å². The van der Waals surface area contributed by atoms with Gasteiger partial charge in [-0.3, -0.25) is 4.79 Å². The van der Waals surface area contributed by atoms with Gasteiger partial charge in [-0.25, -0.2) is 4.98 Å². The summed E-state index contributed by atoms with van der Waals surface area (Å²) in [5, 5.41) is 0.994. The smallest absolute Gasteiger partial charge is 0.316 e. The predicted octanol–water partition coefficient (Wildman–Crippen LogP) is 4.12. The second kappa shape index (κ2) is 6.61. The summed E-state index contributed by atoms with van der Waals surface area (Å²) in [6.07, 6.45) is 1.84. The monoisotopic (exact) mass is 338 g/mol. The Morgan fingerprint density at radius 2 is 1.92 bits per heavy atom. The first-order chi connectivity index (χ1) is 11.8. The molecule has 0 amide bonds. The van der Waals surface area contributed by atoms with Gasteiger partial charge in [0.2, 0.25) is 0 Å². The Labute approximate surface area is 144 Å². The maximum atomic E-state index is 12.5. The van der Waals surface area contributed by atoms with Gasteiger partial charge in [0, 0.05) is 13.1 Å². The Hall–Kier alpha value is -2.40. The third kappa shape index (κ3) is 3.12. The first kappa shape index (κ1) is 15.1. The molecule has 24 heavy (non-hydrogen) atoms. The van der Waals surface area contributed by atoms with Crippen LogP contribution in [0.4, 0.5) is 5.13 Å². The number of aromatic nitrogens is 1. The summed E-state index contributed by atoms with van der Waals surface area (Å²) in [5.74, 6) is 0.359. The van der Waals surface area contributed by atoms with Crippen LogP contribution in [-0.2, 0) is 4.79 Å². The Morgan fingerprint density at radius 3 is 2.75 bits per heavy atom. The molecule has 1 aliphatic rings. The van der Waals surface area contributed by atoms with E-state index in [-0.39, 0.29) is 11.9 Å². The van der Waals surface area contributed by atoms with Crippen molar-refractivity contribution in [1.82, 2.24) is 4.98 Å². The largest absolute Gasteiger partial charge is 0.426 e. The number of para-hydroxylation sites is 2. The summed E-state index contributed by atoms with van der Waals surface area (Å²) in [6.45, 7) is 1.61. The second-order valence-corrected chi connectivity index (χ2v) is 6.99. The number of benzene rings is 2. The molecular formula is C19H18N2O2S. The molecule has 0 unspecified atom stereocenters. The van der Waals surface area contributed by atoms with Crippen LogP contribution < -0.4 is 9.64 Å². The van der Waals surface area contributed by atoms with Crippen LogP contribution in [0.2, 0.25) is 0 Å². The standard InChI is InChI=1S/C19H18N2O2S/c22-18(23-15-8-2-1-3-9-15)14-7-6-12-21(13-14)19-20-16-10-4-5-11-17(16)24-19/h1-5,8-11,14H,6-7,12-13H2/t14-/m1/s1. The van der Waals surface area contributed by atoms with E-state index in [0.717, 1.165) is 30.0 Å². The molecule has 0 spiro atoms. The molecule has 2 aromatic carbocycles. The Balaban J connectivity index is 1.48. The summed E-state index contributed by atoms with van der Waals surface area (Å²) >= 11 is 1.68. The SMILES string of the molecule is O=C(Oc1ccccc1)[C@@H]1CCCN(c2nc3ccccc3s2)C1. The Morgan fingerprint density at radius 1 is 1.12 bits per heavy atom. The van der Waals surface area contributed by atoms with Gasteiger partial charge in [0.1, 0.15) is 5.75 Å². The molecule has 3 aromatic rings. The maximum absolute atomic E-state index is 12.5. The lowest BCUT2D eigenvalue weighted by molar-refractivity contribution is -0.139. The van der Waals surface area contributed by atoms with Gasteiger partial charge in [-0.15, -0.1) is 0 Å². The average Bonchev–Trinajstić information content (AvgIpc) is 3.07. The molecule has 1 atom stereocenters. The number of carbonyl (C=O) groups is 1. The number of esters is 1. The number of thiazole rings is 1. The lowest BCUT2D eigenvalue weighted by atomic mass is 9.99. The van der Waals surface area contributed by atoms with Crippen LogP contribution in [0.5, 0.6) is 5.75 Å². The average molecular weight is 338 g/mol. The number of piperidine rings is 1. The second-order valence-electron chi connectivity index (χ2n) is 5.98. The fraction of sp³-hybridized carbons (Fsp3) is 0.263. The summed E-state index contributed by atoms with van der Waals surface area (Å²) in [4.78, 5) is 19.4. The number of nitrogens with zero attached hydrogens (tertiary/aromatic N) is 2. The van der Waals surface area contributed by atoms with Crippen LogP contribution in [0, 0.1) is 5.92 Å². The number of fused-ring (bicyclic) bond motifs is 1. The maximum Gasteiger partial charge on any atom is 0.316 e. The highest BCUT2D eigenvalue weighted by atomic mass is 32.1. The molecule has 4 nitrogen and oxygen atoms in total. The molecule has 5 heteroatoms. The third-order valence-corrected chi connectivity index (χ3v) is 5.37. The zero-order chi connectivity index (χ0) is 16.4. The molecule has 0 N–H and O–H groups in total. The number of ether oxygens (including phenoxy) is 1. The van der Waals surface area contributed by atoms with E-state index >= 15 is 0 Å². The third-order valence-electron chi connectivity index (χ3n) is 4.27. The van der Waals surface area contributed by atoms with Crippen LogP contribution >= 0.6 is 11.3 Å². The zero-order valence-electron chi connectivity index (χ0n) is 13.2. The van der Waals surface area contributed by atoms with E-state index in [1.165, 1.54) is 4.70 Å². The van der Waals surface area contributed by atoms with E-state index in [4.69, 9.17) is 9.72 Å². The van der Waals surface area contributed by atoms with Crippen LogP contribution in [0.15, 0.2) is 54.6 Å². The van der Waals surface area contributed by atoms with E-state index in [1.54, 1.807) is 11.3 Å². The molecule has 0 aliphatic carbocycles. The van der Waals surface area contributed by atoms with Crippen molar-refractivity contribution < 1.29 is 9.53 Å². The predicted molar refractivity (Wildman–Crippen MR) is 96.6 cm³/mol. The summed E-state index contributed by atoms with van der Waals surface area (Å²) in [6, 6.07) is 17.4. The summed E-state index contributed by atoms with van der Waals surface area (Å²) in [7, 11) is 0. The molecule has 2 heterocycles. The molecule has 0 bridgehead atoms. The van der Waals surface area contributed by atoms with Crippen molar-refractivity contribution >= 4 is 32.7 Å². The molecule has 0 saturated carbocycles. The Kier molecular flexibility index (Phi) is 4.17. The molecule has 1 fully saturated rings. The minimum Gasteiger partial charge on any atom is -0.426 e. The quantitative estimate of drug-likeness (QED) is 0.532. The topological polar surface area (TPSA) is 42.4 Å². The van der Waals surface area contributed by atoms with Crippen molar-refractivity contribution in [3.05, 3.63) is 54.6 Å². The minimum absolute atomic E-state index is 0.106. The highest BCUT2D eigenvalue weighted by Gasteiger charge is 2.28. The normalized spacial score (nSPS) is 17.8. The fourth-order valence-corrected chi connectivity index (χ4v) is 4.03. The molecule has 122 valence electrons. The molecule has 1 saturated heterocycles. The molecule has 1 aliphatic heterocycles. The van der Waals surface area contributed by atoms with Crippen molar-refractivity contribution in [2.75, 3.05) is 18.0 Å². The lowest BCUT2D eigenvalue weighted by Gasteiger charge is -2.31. The molecule has 1 aromatic heterocycles. The van der Waals surface area contributed by atoms with Crippen LogP contribution in [0.3, 0.4) is 0 Å². The van der Waals surface area contributed by atoms with Crippen molar-refractivity contribution in [2.24, 2.45) is 5.92 Å². The summed E-state index contributed by atoms with van der Waals surface area (Å²) < 4.78 is 6.70. The van der Waals surface area contributed by atoms with Gasteiger partial charge < -0.3 is 9.64 Å². The van der Waals surface area contributed by atoms with Gasteiger partial charge in [-0.2, -0.15) is 0 Å². The van der Waals surface area contributed by atoms with Gasteiger partial charge in [0.25, 0.3) is 0 Å². The van der Waals surface area contributed by atoms with Gasteiger partial charge in [0.15, 0.2) is 5.13 Å². The van der Waals surface area contributed by atoms with E-state index in [1.807, 2.05) is 48.5 Å². The number of anilines is 1. The number of carbonyl (C=O) groups excluding carboxylic acids is 1. The van der Waals surface area contributed by atoms with Crippen molar-refractivity contribution in [3.8, 4) is 5.75 Å². The van der Waals surface area contributed by atoms with Gasteiger partial charge in [-0.05, 0) is 37.1 Å². The number of rotatable bonds is 3. The highest BCUT2D eigenvalue weighted by molar-refractivity contribution is 7.22. The minimum atomic E-state index is -0.146. The van der Waals surface area contributed by atoms with E-state index in [9.17, 15) is 4.79 Å². The summed E-state index contributed by atoms with van der Waals surface area (Å²) in [5.41, 5.74) is 1.02. The first-order valence-electron chi connectivity index (χ1n) is 8.17. The van der Waals surface area contributed by atoms with Crippen molar-refractivity contribution in [3.63, 3.8) is 0 Å². The number of hydrogen-bond acceptors (Lipinski definition) is 5. The highest BCUT2D eigenvalue weighted by Crippen LogP contribution is 2.31. The zero-order valence-corrected chi connectivity index (χ0v) is 14.0. The van der Waals surface area contributed by atoms with Gasteiger partial charge in [-0.1, -0.05) is 41.7 Å². The lowest BCUT2D eigenvalue weighted by Crippen LogP contribution is -2.40.